The molecule has 0 saturated carbocycles. The second kappa shape index (κ2) is 8.32. The lowest BCUT2D eigenvalue weighted by Gasteiger charge is -2.34. The van der Waals surface area contributed by atoms with Crippen LogP contribution in [-0.4, -0.2) is 44.9 Å². The number of nitrogens with zero attached hydrogens (tertiary/aromatic N) is 1. The molecule has 1 rings (SSSR count). The van der Waals surface area contributed by atoms with E-state index in [1.807, 2.05) is 13.8 Å². The molecule has 2 N–H and O–H groups in total. The monoisotopic (exact) mass is 305 g/mol. The first-order valence-corrected chi connectivity index (χ1v) is 9.29. The number of piperidine rings is 1. The van der Waals surface area contributed by atoms with Crippen LogP contribution in [0.1, 0.15) is 47.0 Å². The quantitative estimate of drug-likeness (QED) is 0.716. The molecule has 20 heavy (non-hydrogen) atoms. The third-order valence-electron chi connectivity index (χ3n) is 3.94. The molecule has 0 aromatic carbocycles. The van der Waals surface area contributed by atoms with Crippen molar-refractivity contribution >= 4 is 10.2 Å². The van der Waals surface area contributed by atoms with Crippen molar-refractivity contribution in [1.82, 2.24) is 14.3 Å². The van der Waals surface area contributed by atoms with Crippen LogP contribution in [0.2, 0.25) is 0 Å². The second-order valence-electron chi connectivity index (χ2n) is 6.23. The number of hydrogen-bond acceptors (Lipinski definition) is 3. The lowest BCUT2D eigenvalue weighted by Crippen LogP contribution is -2.48. The minimum atomic E-state index is -3.28. The van der Waals surface area contributed by atoms with E-state index in [1.54, 1.807) is 4.31 Å². The summed E-state index contributed by atoms with van der Waals surface area (Å²) in [5.41, 5.74) is 0. The second-order valence-corrected chi connectivity index (χ2v) is 7.98. The molecule has 6 heteroatoms. The molecule has 1 saturated heterocycles. The molecular weight excluding hydrogens is 274 g/mol. The minimum absolute atomic E-state index is 0.334. The van der Waals surface area contributed by atoms with Crippen LogP contribution in [0.4, 0.5) is 0 Å². The molecule has 0 aromatic rings. The molecule has 1 aliphatic heterocycles. The zero-order chi connectivity index (χ0) is 15.2. The van der Waals surface area contributed by atoms with Gasteiger partial charge in [-0.25, -0.2) is 4.72 Å². The summed E-state index contributed by atoms with van der Waals surface area (Å²) in [6.45, 7) is 11.2. The van der Waals surface area contributed by atoms with Gasteiger partial charge in [-0.1, -0.05) is 20.8 Å². The van der Waals surface area contributed by atoms with Crippen molar-refractivity contribution in [3.8, 4) is 0 Å². The summed E-state index contributed by atoms with van der Waals surface area (Å²) in [4.78, 5) is 0. The Bertz CT molecular complexity index is 363. The highest BCUT2D eigenvalue weighted by Gasteiger charge is 2.29. The first-order chi connectivity index (χ1) is 9.36. The van der Waals surface area contributed by atoms with Gasteiger partial charge in [-0.15, -0.1) is 0 Å². The van der Waals surface area contributed by atoms with Crippen LogP contribution in [0.25, 0.3) is 0 Å². The zero-order valence-corrected chi connectivity index (χ0v) is 14.2. The van der Waals surface area contributed by atoms with Crippen molar-refractivity contribution < 1.29 is 8.42 Å². The molecule has 0 spiro atoms. The smallest absolute Gasteiger partial charge is 0.279 e. The van der Waals surface area contributed by atoms with Gasteiger partial charge in [0.2, 0.25) is 0 Å². The first kappa shape index (κ1) is 17.9. The molecule has 120 valence electrons. The van der Waals surface area contributed by atoms with Gasteiger partial charge in [0.25, 0.3) is 10.2 Å². The Hall–Kier alpha value is -0.170. The minimum Gasteiger partial charge on any atom is -0.314 e. The Morgan fingerprint density at radius 2 is 1.80 bits per heavy atom. The molecule has 1 atom stereocenters. The van der Waals surface area contributed by atoms with Gasteiger partial charge in [-0.3, -0.25) is 0 Å². The molecule has 0 amide bonds. The summed E-state index contributed by atoms with van der Waals surface area (Å²) in [6.07, 6.45) is 3.03. The average molecular weight is 305 g/mol. The molecule has 0 aliphatic carbocycles. The Labute approximate surface area is 124 Å². The van der Waals surface area contributed by atoms with E-state index in [0.29, 0.717) is 37.5 Å². The number of rotatable bonds is 8. The van der Waals surface area contributed by atoms with Gasteiger partial charge in [-0.05, 0) is 44.6 Å². The Balaban J connectivity index is 2.41. The zero-order valence-electron chi connectivity index (χ0n) is 13.4. The first-order valence-electron chi connectivity index (χ1n) is 7.85. The molecule has 1 aliphatic rings. The van der Waals surface area contributed by atoms with Gasteiger partial charge in [0, 0.05) is 25.7 Å². The fourth-order valence-corrected chi connectivity index (χ4v) is 3.94. The largest absolute Gasteiger partial charge is 0.314 e. The highest BCUT2D eigenvalue weighted by atomic mass is 32.2. The van der Waals surface area contributed by atoms with Crippen molar-refractivity contribution in [3.63, 3.8) is 0 Å². The summed E-state index contributed by atoms with van der Waals surface area (Å²) < 4.78 is 28.6. The lowest BCUT2D eigenvalue weighted by molar-refractivity contribution is 0.229. The Morgan fingerprint density at radius 3 is 2.30 bits per heavy atom. The van der Waals surface area contributed by atoms with Crippen molar-refractivity contribution in [2.75, 3.05) is 26.2 Å². The number of hydrogen-bond donors (Lipinski definition) is 2. The van der Waals surface area contributed by atoms with Crippen molar-refractivity contribution in [3.05, 3.63) is 0 Å². The van der Waals surface area contributed by atoms with Crippen LogP contribution >= 0.6 is 0 Å². The maximum atomic E-state index is 12.1. The summed E-state index contributed by atoms with van der Waals surface area (Å²) in [7, 11) is -3.28. The van der Waals surface area contributed by atoms with Gasteiger partial charge >= 0.3 is 0 Å². The predicted octanol–water partition coefficient (Wildman–Crippen LogP) is 1.58. The molecule has 0 aromatic heterocycles. The van der Waals surface area contributed by atoms with E-state index >= 15 is 0 Å². The van der Waals surface area contributed by atoms with Crippen LogP contribution in [-0.2, 0) is 10.2 Å². The molecule has 1 unspecified atom stereocenters. The summed E-state index contributed by atoms with van der Waals surface area (Å²) in [5.74, 6) is 0.915. The summed E-state index contributed by atoms with van der Waals surface area (Å²) >= 11 is 0. The third kappa shape index (κ3) is 5.68. The molecule has 5 nitrogen and oxygen atoms in total. The fourth-order valence-electron chi connectivity index (χ4n) is 2.52. The highest BCUT2D eigenvalue weighted by Crippen LogP contribution is 2.22. The van der Waals surface area contributed by atoms with E-state index in [2.05, 4.69) is 23.9 Å². The number of nitrogens with one attached hydrogen (secondary N) is 2. The van der Waals surface area contributed by atoms with E-state index in [4.69, 9.17) is 0 Å². The van der Waals surface area contributed by atoms with Gasteiger partial charge < -0.3 is 5.32 Å². The Kier molecular flexibility index (Phi) is 7.43. The van der Waals surface area contributed by atoms with Gasteiger partial charge in [0.15, 0.2) is 0 Å². The molecule has 0 radical (unpaired) electrons. The summed E-state index contributed by atoms with van der Waals surface area (Å²) in [6, 6.07) is 0.475. The average Bonchev–Trinajstić information content (AvgIpc) is 2.43. The van der Waals surface area contributed by atoms with Crippen molar-refractivity contribution in [2.45, 2.75) is 53.0 Å². The van der Waals surface area contributed by atoms with E-state index in [9.17, 15) is 8.42 Å². The lowest BCUT2D eigenvalue weighted by atomic mass is 9.91. The van der Waals surface area contributed by atoms with Crippen LogP contribution in [0.3, 0.4) is 0 Å². The molecule has 1 heterocycles. The van der Waals surface area contributed by atoms with E-state index in [0.717, 1.165) is 25.8 Å². The molecule has 0 bridgehead atoms. The maximum Gasteiger partial charge on any atom is 0.279 e. The van der Waals surface area contributed by atoms with Gasteiger partial charge in [0.05, 0.1) is 0 Å². The van der Waals surface area contributed by atoms with Gasteiger partial charge in [0.1, 0.15) is 0 Å². The third-order valence-corrected chi connectivity index (χ3v) is 5.51. The predicted molar refractivity (Wildman–Crippen MR) is 83.8 cm³/mol. The summed E-state index contributed by atoms with van der Waals surface area (Å²) in [5, 5.41) is 3.51. The maximum absolute atomic E-state index is 12.1. The normalized spacial score (nSPS) is 20.4. The van der Waals surface area contributed by atoms with Crippen LogP contribution in [0.5, 0.6) is 0 Å². The van der Waals surface area contributed by atoms with E-state index < -0.39 is 10.2 Å². The van der Waals surface area contributed by atoms with Crippen LogP contribution in [0, 0.1) is 11.8 Å². The standard InChI is InChI=1S/C14H31N3O2S/c1-5-8-15-13(4)14-6-9-17(10-7-14)20(18,19)16-11-12(2)3/h12-16H,5-11H2,1-4H3. The van der Waals surface area contributed by atoms with Crippen LogP contribution in [0.15, 0.2) is 0 Å². The van der Waals surface area contributed by atoms with Crippen molar-refractivity contribution in [2.24, 2.45) is 11.8 Å². The molecular formula is C14H31N3O2S. The van der Waals surface area contributed by atoms with E-state index in [-0.39, 0.29) is 0 Å². The molecule has 1 fully saturated rings. The van der Waals surface area contributed by atoms with Crippen LogP contribution < -0.4 is 10.0 Å². The SMILES string of the molecule is CCCNC(C)C1CCN(S(=O)(=O)NCC(C)C)CC1. The Morgan fingerprint density at radius 1 is 1.20 bits per heavy atom. The van der Waals surface area contributed by atoms with E-state index in [1.165, 1.54) is 0 Å². The van der Waals surface area contributed by atoms with Crippen molar-refractivity contribution in [1.29, 1.82) is 0 Å². The highest BCUT2D eigenvalue weighted by molar-refractivity contribution is 7.87. The topological polar surface area (TPSA) is 61.4 Å². The van der Waals surface area contributed by atoms with Gasteiger partial charge in [-0.2, -0.15) is 12.7 Å². The fraction of sp³-hybridized carbons (Fsp3) is 1.00.